The molecule has 0 fully saturated rings. The fourth-order valence-corrected chi connectivity index (χ4v) is 2.98. The maximum Gasteiger partial charge on any atom is 0.323 e. The number of hydrogen-bond donors (Lipinski definition) is 1. The van der Waals surface area contributed by atoms with Gasteiger partial charge in [0, 0.05) is 15.9 Å². The van der Waals surface area contributed by atoms with Gasteiger partial charge in [-0.1, -0.05) is 20.3 Å². The molecular weight excluding hydrogens is 302 g/mol. The first-order valence-electron chi connectivity index (χ1n) is 5.63. The maximum absolute atomic E-state index is 11.7. The van der Waals surface area contributed by atoms with Crippen molar-refractivity contribution in [2.45, 2.75) is 32.9 Å². The minimum Gasteiger partial charge on any atom is -0.468 e. The highest BCUT2D eigenvalue weighted by molar-refractivity contribution is 9.10. The summed E-state index contributed by atoms with van der Waals surface area (Å²) in [7, 11) is 1.43. The van der Waals surface area contributed by atoms with Gasteiger partial charge in [0.2, 0.25) is 0 Å². The van der Waals surface area contributed by atoms with Crippen LogP contribution in [0.3, 0.4) is 0 Å². The quantitative estimate of drug-likeness (QED) is 0.818. The van der Waals surface area contributed by atoms with Gasteiger partial charge in [-0.2, -0.15) is 0 Å². The lowest BCUT2D eigenvalue weighted by molar-refractivity contribution is -0.144. The Morgan fingerprint density at radius 3 is 2.82 bits per heavy atom. The molecule has 0 aliphatic rings. The zero-order valence-corrected chi connectivity index (χ0v) is 12.7. The van der Waals surface area contributed by atoms with Gasteiger partial charge >= 0.3 is 5.97 Å². The van der Waals surface area contributed by atoms with Crippen molar-refractivity contribution in [2.75, 3.05) is 7.11 Å². The van der Waals surface area contributed by atoms with Gasteiger partial charge in [0.1, 0.15) is 6.04 Å². The molecule has 0 aliphatic heterocycles. The molecule has 0 bridgehead atoms. The predicted octanol–water partition coefficient (Wildman–Crippen LogP) is 3.19. The lowest BCUT2D eigenvalue weighted by atomic mass is 9.99. The van der Waals surface area contributed by atoms with Gasteiger partial charge < -0.3 is 4.74 Å². The second-order valence-electron chi connectivity index (χ2n) is 3.96. The number of carbonyl (C=O) groups is 1. The summed E-state index contributed by atoms with van der Waals surface area (Å²) in [5.41, 5.74) is 0. The molecule has 1 N–H and O–H groups in total. The third-order valence-electron chi connectivity index (χ3n) is 2.84. The van der Waals surface area contributed by atoms with E-state index in [0.717, 1.165) is 10.9 Å². The maximum atomic E-state index is 11.7. The van der Waals surface area contributed by atoms with Gasteiger partial charge in [-0.15, -0.1) is 11.3 Å². The van der Waals surface area contributed by atoms with E-state index in [-0.39, 0.29) is 17.9 Å². The highest BCUT2D eigenvalue weighted by atomic mass is 79.9. The smallest absolute Gasteiger partial charge is 0.323 e. The Kier molecular flexibility index (Phi) is 6.16. The van der Waals surface area contributed by atoms with Crippen LogP contribution in [0.2, 0.25) is 0 Å². The summed E-state index contributed by atoms with van der Waals surface area (Å²) in [5, 5.41) is 5.30. The molecule has 0 amide bonds. The normalized spacial score (nSPS) is 14.4. The van der Waals surface area contributed by atoms with Crippen LogP contribution in [-0.2, 0) is 16.1 Å². The summed E-state index contributed by atoms with van der Waals surface area (Å²) in [5.74, 6) is 0.0771. The summed E-state index contributed by atoms with van der Waals surface area (Å²) in [6.45, 7) is 4.81. The van der Waals surface area contributed by atoms with Crippen LogP contribution in [0.25, 0.3) is 0 Å². The Morgan fingerprint density at radius 1 is 1.65 bits per heavy atom. The van der Waals surface area contributed by atoms with Gasteiger partial charge in [0.15, 0.2) is 0 Å². The molecule has 1 heterocycles. The Hall–Kier alpha value is -0.390. The molecular formula is C12H18BrNO2S. The molecule has 0 spiro atoms. The summed E-state index contributed by atoms with van der Waals surface area (Å²) >= 11 is 5.15. The number of nitrogens with one attached hydrogen (secondary N) is 1. The molecule has 5 heteroatoms. The van der Waals surface area contributed by atoms with Crippen LogP contribution in [0.15, 0.2) is 15.9 Å². The number of ether oxygens (including phenoxy) is 1. The third-order valence-corrected chi connectivity index (χ3v) is 4.77. The number of esters is 1. The van der Waals surface area contributed by atoms with E-state index in [1.165, 1.54) is 12.0 Å². The summed E-state index contributed by atoms with van der Waals surface area (Å²) in [4.78, 5) is 12.9. The first-order chi connectivity index (χ1) is 8.10. The van der Waals surface area contributed by atoms with Gasteiger partial charge in [0.05, 0.1) is 7.11 Å². The zero-order chi connectivity index (χ0) is 12.8. The molecule has 0 radical (unpaired) electrons. The summed E-state index contributed by atoms with van der Waals surface area (Å²) in [6.07, 6.45) is 0.943. The number of thiophene rings is 1. The molecule has 0 saturated heterocycles. The minimum atomic E-state index is -0.237. The van der Waals surface area contributed by atoms with Gasteiger partial charge in [-0.25, -0.2) is 0 Å². The molecule has 0 saturated carbocycles. The molecule has 1 rings (SSSR count). The van der Waals surface area contributed by atoms with Crippen LogP contribution < -0.4 is 5.32 Å². The lowest BCUT2D eigenvalue weighted by Crippen LogP contribution is -2.42. The van der Waals surface area contributed by atoms with E-state index in [2.05, 4.69) is 35.1 Å². The van der Waals surface area contributed by atoms with Crippen molar-refractivity contribution in [3.63, 3.8) is 0 Å². The average molecular weight is 320 g/mol. The van der Waals surface area contributed by atoms with E-state index in [1.807, 2.05) is 11.4 Å². The van der Waals surface area contributed by atoms with Crippen LogP contribution in [0.5, 0.6) is 0 Å². The Morgan fingerprint density at radius 2 is 2.35 bits per heavy atom. The fourth-order valence-electron chi connectivity index (χ4n) is 1.53. The van der Waals surface area contributed by atoms with E-state index in [0.29, 0.717) is 6.54 Å². The minimum absolute atomic E-state index is 0.188. The average Bonchev–Trinajstić information content (AvgIpc) is 2.74. The van der Waals surface area contributed by atoms with E-state index in [1.54, 1.807) is 11.3 Å². The van der Waals surface area contributed by atoms with Crippen molar-refractivity contribution in [3.8, 4) is 0 Å². The monoisotopic (exact) mass is 319 g/mol. The lowest BCUT2D eigenvalue weighted by Gasteiger charge is -2.21. The second kappa shape index (κ2) is 7.13. The Bertz CT molecular complexity index is 367. The van der Waals surface area contributed by atoms with Crippen LogP contribution in [0.4, 0.5) is 0 Å². The fraction of sp³-hybridized carbons (Fsp3) is 0.583. The molecule has 1 aromatic heterocycles. The Balaban J connectivity index is 2.61. The highest BCUT2D eigenvalue weighted by Gasteiger charge is 2.24. The van der Waals surface area contributed by atoms with E-state index >= 15 is 0 Å². The number of hydrogen-bond acceptors (Lipinski definition) is 4. The van der Waals surface area contributed by atoms with E-state index in [9.17, 15) is 4.79 Å². The summed E-state index contributed by atoms with van der Waals surface area (Å²) < 4.78 is 5.91. The van der Waals surface area contributed by atoms with Crippen molar-refractivity contribution < 1.29 is 9.53 Å². The highest BCUT2D eigenvalue weighted by Crippen LogP contribution is 2.22. The number of halogens is 1. The van der Waals surface area contributed by atoms with Crippen molar-refractivity contribution >= 4 is 33.2 Å². The van der Waals surface area contributed by atoms with Crippen molar-refractivity contribution in [3.05, 3.63) is 20.8 Å². The van der Waals surface area contributed by atoms with Crippen LogP contribution in [-0.4, -0.2) is 19.1 Å². The largest absolute Gasteiger partial charge is 0.468 e. The van der Waals surface area contributed by atoms with Crippen molar-refractivity contribution in [2.24, 2.45) is 5.92 Å². The molecule has 0 aromatic carbocycles. The first-order valence-corrected chi connectivity index (χ1v) is 7.30. The molecule has 17 heavy (non-hydrogen) atoms. The number of methoxy groups -OCH3 is 1. The second-order valence-corrected chi connectivity index (χ2v) is 5.81. The number of carbonyl (C=O) groups excluding carboxylic acids is 1. The Labute approximate surface area is 115 Å². The van der Waals surface area contributed by atoms with Crippen molar-refractivity contribution in [1.29, 1.82) is 0 Å². The molecule has 1 aromatic rings. The molecule has 2 atom stereocenters. The van der Waals surface area contributed by atoms with Crippen LogP contribution in [0.1, 0.15) is 25.1 Å². The zero-order valence-electron chi connectivity index (χ0n) is 10.3. The first kappa shape index (κ1) is 14.7. The molecule has 0 aliphatic carbocycles. The number of rotatable bonds is 6. The third kappa shape index (κ3) is 4.08. The van der Waals surface area contributed by atoms with Gasteiger partial charge in [-0.3, -0.25) is 10.1 Å². The molecule has 96 valence electrons. The SMILES string of the molecule is CCC(C)C(NCc1sccc1Br)C(=O)OC. The molecule has 3 nitrogen and oxygen atoms in total. The van der Waals surface area contributed by atoms with E-state index in [4.69, 9.17) is 4.74 Å². The topological polar surface area (TPSA) is 38.3 Å². The van der Waals surface area contributed by atoms with Crippen molar-refractivity contribution in [1.82, 2.24) is 5.32 Å². The standard InChI is InChI=1S/C12H18BrNO2S/c1-4-8(2)11(12(15)16-3)14-7-10-9(13)5-6-17-10/h5-6,8,11,14H,4,7H2,1-3H3. The predicted molar refractivity (Wildman–Crippen MR) is 74.1 cm³/mol. The molecule has 2 unspecified atom stereocenters. The van der Waals surface area contributed by atoms with E-state index < -0.39 is 0 Å². The summed E-state index contributed by atoms with van der Waals surface area (Å²) in [6, 6.07) is 1.77. The van der Waals surface area contributed by atoms with Crippen LogP contribution >= 0.6 is 27.3 Å². The van der Waals surface area contributed by atoms with Crippen LogP contribution in [0, 0.1) is 5.92 Å². The van der Waals surface area contributed by atoms with Gasteiger partial charge in [-0.05, 0) is 33.3 Å². The van der Waals surface area contributed by atoms with Gasteiger partial charge in [0.25, 0.3) is 0 Å².